The number of pyridine rings is 1. The molecule has 27 heavy (non-hydrogen) atoms. The predicted molar refractivity (Wildman–Crippen MR) is 113 cm³/mol. The summed E-state index contributed by atoms with van der Waals surface area (Å²) >= 11 is 0. The maximum Gasteiger partial charge on any atom is 0.638 e. The quantitative estimate of drug-likeness (QED) is 0.481. The first-order valence-electron chi connectivity index (χ1n) is 9.46. The smallest absolute Gasteiger partial charge is 0.354 e. The molecule has 0 radical (unpaired) electrons. The molecule has 4 nitrogen and oxygen atoms in total. The van der Waals surface area contributed by atoms with Crippen LogP contribution in [0, 0.1) is 20.8 Å². The molecule has 0 N–H and O–H groups in total. The number of rotatable bonds is 1. The Bertz CT molecular complexity index is 1080. The van der Waals surface area contributed by atoms with E-state index in [4.69, 9.17) is 0 Å². The minimum atomic E-state index is 0.104. The van der Waals surface area contributed by atoms with Crippen molar-refractivity contribution in [2.75, 3.05) is 21.5 Å². The summed E-state index contributed by atoms with van der Waals surface area (Å²) in [5, 5.41) is 0. The number of para-hydroxylation sites is 3. The molecule has 0 atom stereocenters. The van der Waals surface area contributed by atoms with E-state index in [2.05, 4.69) is 109 Å². The normalized spacial score (nSPS) is 14.6. The summed E-state index contributed by atoms with van der Waals surface area (Å²) in [6.45, 7) is 6.58. The lowest BCUT2D eigenvalue weighted by Gasteiger charge is -2.23. The molecule has 0 spiro atoms. The lowest BCUT2D eigenvalue weighted by molar-refractivity contribution is -0.658. The van der Waals surface area contributed by atoms with E-state index in [9.17, 15) is 0 Å². The van der Waals surface area contributed by atoms with E-state index in [1.54, 1.807) is 0 Å². The second kappa shape index (κ2) is 5.52. The van der Waals surface area contributed by atoms with Gasteiger partial charge in [-0.05, 0) is 62.7 Å². The van der Waals surface area contributed by atoms with Gasteiger partial charge in [0.1, 0.15) is 5.69 Å². The molecule has 134 valence electrons. The third-order valence-electron chi connectivity index (χ3n) is 6.01. The maximum atomic E-state index is 2.48. The Hall–Kier alpha value is -2.95. The van der Waals surface area contributed by atoms with E-state index in [0.29, 0.717) is 0 Å². The fourth-order valence-electron chi connectivity index (χ4n) is 4.54. The highest BCUT2D eigenvalue weighted by molar-refractivity contribution is 6.78. The van der Waals surface area contributed by atoms with Gasteiger partial charge in [-0.25, -0.2) is 9.38 Å². The monoisotopic (exact) mass is 355 g/mol. The molecule has 5 heteroatoms. The highest BCUT2D eigenvalue weighted by Gasteiger charge is 2.58. The molecule has 0 fully saturated rings. The first-order chi connectivity index (χ1) is 13.0. The first-order valence-corrected chi connectivity index (χ1v) is 9.46. The van der Waals surface area contributed by atoms with E-state index in [0.717, 1.165) is 0 Å². The van der Waals surface area contributed by atoms with Gasteiger partial charge in [-0.15, -0.1) is 0 Å². The van der Waals surface area contributed by atoms with Crippen molar-refractivity contribution < 1.29 is 4.57 Å². The van der Waals surface area contributed by atoms with Gasteiger partial charge in [-0.1, -0.05) is 24.3 Å². The van der Waals surface area contributed by atoms with E-state index in [1.165, 1.54) is 45.3 Å². The first kappa shape index (κ1) is 16.2. The Kier molecular flexibility index (Phi) is 3.32. The van der Waals surface area contributed by atoms with Crippen molar-refractivity contribution in [1.82, 2.24) is 0 Å². The number of anilines is 5. The van der Waals surface area contributed by atoms with Gasteiger partial charge in [0.2, 0.25) is 0 Å². The molecular weight excluding hydrogens is 331 g/mol. The third kappa shape index (κ3) is 2.08. The van der Waals surface area contributed by atoms with Crippen LogP contribution >= 0.6 is 0 Å². The molecule has 0 bridgehead atoms. The lowest BCUT2D eigenvalue weighted by Crippen LogP contribution is -2.55. The summed E-state index contributed by atoms with van der Waals surface area (Å²) in [6, 6.07) is 17.6. The van der Waals surface area contributed by atoms with Gasteiger partial charge in [-0.3, -0.25) is 0 Å². The van der Waals surface area contributed by atoms with Crippen LogP contribution in [0.15, 0.2) is 54.7 Å². The molecule has 2 aromatic carbocycles. The molecular formula is C22H24BN4+. The molecule has 0 aliphatic carbocycles. The topological polar surface area (TPSA) is 13.6 Å². The van der Waals surface area contributed by atoms with Crippen LogP contribution < -0.4 is 19.0 Å². The summed E-state index contributed by atoms with van der Waals surface area (Å²) in [6.07, 6.45) is 2.23. The van der Waals surface area contributed by atoms with Gasteiger partial charge in [0.25, 0.3) is 5.82 Å². The average molecular weight is 355 g/mol. The minimum absolute atomic E-state index is 0.104. The summed E-state index contributed by atoms with van der Waals surface area (Å²) in [5.74, 6) is 1.21. The van der Waals surface area contributed by atoms with Gasteiger partial charge in [0.05, 0.1) is 30.3 Å². The fraction of sp³-hybridized carbons (Fsp3) is 0.227. The summed E-state index contributed by atoms with van der Waals surface area (Å²) in [4.78, 5) is 7.33. The third-order valence-corrected chi connectivity index (χ3v) is 6.01. The van der Waals surface area contributed by atoms with Crippen molar-refractivity contribution in [1.29, 1.82) is 0 Å². The van der Waals surface area contributed by atoms with Gasteiger partial charge in [-0.2, -0.15) is 0 Å². The Morgan fingerprint density at radius 1 is 0.778 bits per heavy atom. The van der Waals surface area contributed by atoms with Crippen LogP contribution in [0.4, 0.5) is 28.6 Å². The highest BCUT2D eigenvalue weighted by Crippen LogP contribution is 2.53. The van der Waals surface area contributed by atoms with Gasteiger partial charge in [0, 0.05) is 6.07 Å². The molecule has 5 rings (SSSR count). The summed E-state index contributed by atoms with van der Waals surface area (Å²) in [7, 11) is 4.44. The fourth-order valence-corrected chi connectivity index (χ4v) is 4.54. The Balaban J connectivity index is 1.80. The number of nitrogens with zero attached hydrogens (tertiary/aromatic N) is 4. The summed E-state index contributed by atoms with van der Waals surface area (Å²) in [5.41, 5.74) is 9.03. The van der Waals surface area contributed by atoms with Gasteiger partial charge >= 0.3 is 7.12 Å². The molecule has 2 aliphatic heterocycles. The molecule has 1 aromatic heterocycles. The van der Waals surface area contributed by atoms with Crippen molar-refractivity contribution in [3.63, 3.8) is 0 Å². The second-order valence-electron chi connectivity index (χ2n) is 7.74. The SMILES string of the molecule is Cc1cc(N2B3N(C)c4ccccc4N3c3cccc(C)c32)[n+](C)cc1C. The van der Waals surface area contributed by atoms with Crippen molar-refractivity contribution >= 4 is 35.7 Å². The highest BCUT2D eigenvalue weighted by atomic mass is 15.5. The molecule has 2 aliphatic rings. The van der Waals surface area contributed by atoms with Crippen molar-refractivity contribution in [3.05, 3.63) is 71.4 Å². The molecule has 3 heterocycles. The lowest BCUT2D eigenvalue weighted by atomic mass is 9.88. The van der Waals surface area contributed by atoms with Crippen molar-refractivity contribution in [2.45, 2.75) is 20.8 Å². The second-order valence-corrected chi connectivity index (χ2v) is 7.74. The number of aryl methyl sites for hydroxylation is 4. The largest absolute Gasteiger partial charge is 0.638 e. The molecule has 0 saturated carbocycles. The van der Waals surface area contributed by atoms with E-state index in [-0.39, 0.29) is 7.12 Å². The minimum Gasteiger partial charge on any atom is -0.354 e. The van der Waals surface area contributed by atoms with Gasteiger partial charge < -0.3 is 9.62 Å². The van der Waals surface area contributed by atoms with Crippen molar-refractivity contribution in [3.8, 4) is 0 Å². The van der Waals surface area contributed by atoms with Crippen LogP contribution in [0.1, 0.15) is 16.7 Å². The average Bonchev–Trinajstić information content (AvgIpc) is 3.14. The van der Waals surface area contributed by atoms with E-state index < -0.39 is 0 Å². The summed E-state index contributed by atoms with van der Waals surface area (Å²) < 4.78 is 2.25. The van der Waals surface area contributed by atoms with Crippen LogP contribution in [0.2, 0.25) is 0 Å². The Morgan fingerprint density at radius 2 is 1.48 bits per heavy atom. The Morgan fingerprint density at radius 3 is 2.26 bits per heavy atom. The van der Waals surface area contributed by atoms with Crippen LogP contribution in [0.5, 0.6) is 0 Å². The zero-order valence-electron chi connectivity index (χ0n) is 16.6. The standard InChI is InChI=1S/C22H24BN4/c1-15-9-8-12-20-22(15)27(21-13-16(2)17(3)14-24(21)4)23-25(5)18-10-6-7-11-19(18)26(20)23/h6-14H,1-5H3/q+1. The van der Waals surface area contributed by atoms with Crippen LogP contribution in [0.25, 0.3) is 0 Å². The Labute approximate surface area is 161 Å². The van der Waals surface area contributed by atoms with Crippen LogP contribution in [-0.2, 0) is 7.05 Å². The predicted octanol–water partition coefficient (Wildman–Crippen LogP) is 4.16. The zero-order chi connectivity index (χ0) is 18.9. The maximum absolute atomic E-state index is 2.48. The molecule has 0 unspecified atom stereocenters. The van der Waals surface area contributed by atoms with Crippen molar-refractivity contribution in [2.24, 2.45) is 7.05 Å². The van der Waals surface area contributed by atoms with Gasteiger partial charge in [0.15, 0.2) is 0 Å². The number of hydrogen-bond donors (Lipinski definition) is 0. The number of benzene rings is 2. The molecule has 3 aromatic rings. The van der Waals surface area contributed by atoms with E-state index in [1.807, 2.05) is 0 Å². The number of hydrogen-bond acceptors (Lipinski definition) is 3. The zero-order valence-corrected chi connectivity index (χ0v) is 16.6. The molecule has 0 saturated heterocycles. The van der Waals surface area contributed by atoms with E-state index >= 15 is 0 Å². The molecule has 0 amide bonds. The number of aromatic nitrogens is 1. The van der Waals surface area contributed by atoms with Crippen LogP contribution in [0.3, 0.4) is 0 Å². The number of fused-ring (bicyclic) bond motifs is 5. The van der Waals surface area contributed by atoms with Crippen LogP contribution in [-0.4, -0.2) is 14.2 Å².